The second-order valence-corrected chi connectivity index (χ2v) is 4.53. The van der Waals surface area contributed by atoms with Crippen LogP contribution in [0.3, 0.4) is 0 Å². The molecule has 1 N–H and O–H groups in total. The summed E-state index contributed by atoms with van der Waals surface area (Å²) in [5, 5.41) is 5.85. The lowest BCUT2D eigenvalue weighted by Crippen LogP contribution is -2.28. The van der Waals surface area contributed by atoms with Gasteiger partial charge < -0.3 is 10.2 Å². The van der Waals surface area contributed by atoms with Crippen LogP contribution in [0.4, 0.5) is 5.00 Å². The maximum atomic E-state index is 4.45. The van der Waals surface area contributed by atoms with Gasteiger partial charge in [0.1, 0.15) is 5.00 Å². The van der Waals surface area contributed by atoms with Gasteiger partial charge in [-0.1, -0.05) is 19.1 Å². The quantitative estimate of drug-likeness (QED) is 0.806. The normalized spacial score (nSPS) is 10.9. The second-order valence-electron chi connectivity index (χ2n) is 3.78. The van der Waals surface area contributed by atoms with E-state index in [1.165, 1.54) is 10.4 Å². The molecule has 0 amide bonds. The van der Waals surface area contributed by atoms with Crippen molar-refractivity contribution < 1.29 is 0 Å². The van der Waals surface area contributed by atoms with Gasteiger partial charge in [0.15, 0.2) is 0 Å². The minimum atomic E-state index is 1.01. The van der Waals surface area contributed by atoms with Crippen LogP contribution >= 0.6 is 11.5 Å². The summed E-state index contributed by atoms with van der Waals surface area (Å²) in [6.07, 6.45) is 0. The van der Waals surface area contributed by atoms with E-state index in [0.29, 0.717) is 0 Å². The summed E-state index contributed by atoms with van der Waals surface area (Å²) in [5.74, 6) is 0. The Balaban J connectivity index is 2.13. The molecule has 0 atom stereocenters. The average Bonchev–Trinajstić information content (AvgIpc) is 2.73. The molecule has 0 radical (unpaired) electrons. The molecule has 86 valence electrons. The van der Waals surface area contributed by atoms with Crippen molar-refractivity contribution in [2.24, 2.45) is 0 Å². The van der Waals surface area contributed by atoms with Crippen LogP contribution in [0, 0.1) is 0 Å². The molecule has 1 heterocycles. The van der Waals surface area contributed by atoms with Gasteiger partial charge >= 0.3 is 0 Å². The van der Waals surface area contributed by atoms with Crippen molar-refractivity contribution >= 4 is 27.4 Å². The number of hydrogen-bond acceptors (Lipinski definition) is 4. The van der Waals surface area contributed by atoms with E-state index in [1.807, 2.05) is 6.07 Å². The second kappa shape index (κ2) is 5.27. The zero-order valence-electron chi connectivity index (χ0n) is 9.73. The third-order valence-electron chi connectivity index (χ3n) is 2.59. The Morgan fingerprint density at radius 1 is 1.38 bits per heavy atom. The number of likely N-dealkylation sites (N-methyl/N-ethyl adjacent to an activating group) is 2. The van der Waals surface area contributed by atoms with Crippen molar-refractivity contribution in [3.05, 3.63) is 24.3 Å². The van der Waals surface area contributed by atoms with Gasteiger partial charge in [-0.15, -0.1) is 0 Å². The Morgan fingerprint density at radius 2 is 2.19 bits per heavy atom. The molecule has 0 bridgehead atoms. The van der Waals surface area contributed by atoms with Gasteiger partial charge in [-0.25, -0.2) is 0 Å². The molecule has 3 nitrogen and oxygen atoms in total. The van der Waals surface area contributed by atoms with E-state index >= 15 is 0 Å². The molecular formula is C12H17N3S. The van der Waals surface area contributed by atoms with Gasteiger partial charge in [0, 0.05) is 25.5 Å². The number of anilines is 1. The molecular weight excluding hydrogens is 218 g/mol. The lowest BCUT2D eigenvalue weighted by atomic mass is 10.2. The summed E-state index contributed by atoms with van der Waals surface area (Å²) in [5.41, 5.74) is 1.10. The molecule has 1 aromatic carbocycles. The maximum Gasteiger partial charge on any atom is 0.119 e. The molecule has 0 aliphatic carbocycles. The Hall–Kier alpha value is -1.13. The Labute approximate surface area is 100 Å². The molecule has 0 spiro atoms. The fourth-order valence-corrected chi connectivity index (χ4v) is 2.52. The van der Waals surface area contributed by atoms with Crippen molar-refractivity contribution in [3.8, 4) is 0 Å². The lowest BCUT2D eigenvalue weighted by molar-refractivity contribution is 0.708. The monoisotopic (exact) mass is 235 g/mol. The number of benzene rings is 1. The summed E-state index contributed by atoms with van der Waals surface area (Å²) in [7, 11) is 2.12. The average molecular weight is 235 g/mol. The number of nitrogens with one attached hydrogen (secondary N) is 1. The molecule has 0 aliphatic heterocycles. The third kappa shape index (κ3) is 2.33. The molecule has 0 saturated carbocycles. The van der Waals surface area contributed by atoms with Crippen molar-refractivity contribution in [3.63, 3.8) is 0 Å². The summed E-state index contributed by atoms with van der Waals surface area (Å²) in [6.45, 7) is 5.18. The molecule has 0 saturated heterocycles. The number of rotatable bonds is 5. The standard InChI is InChI=1S/C12H17N3S/c1-3-13-8-9-15(2)12-10-6-4-5-7-11(10)14-16-12/h4-7,13H,3,8-9H2,1-2H3. The van der Waals surface area contributed by atoms with Crippen molar-refractivity contribution in [1.29, 1.82) is 0 Å². The molecule has 2 rings (SSSR count). The number of hydrogen-bond donors (Lipinski definition) is 1. The lowest BCUT2D eigenvalue weighted by Gasteiger charge is -2.17. The topological polar surface area (TPSA) is 28.2 Å². The first-order valence-electron chi connectivity index (χ1n) is 5.59. The SMILES string of the molecule is CCNCCN(C)c1snc2ccccc12. The van der Waals surface area contributed by atoms with Crippen molar-refractivity contribution in [2.45, 2.75) is 6.92 Å². The molecule has 1 aromatic heterocycles. The molecule has 0 aliphatic rings. The van der Waals surface area contributed by atoms with Crippen LogP contribution in [-0.4, -0.2) is 31.1 Å². The van der Waals surface area contributed by atoms with Crippen molar-refractivity contribution in [2.75, 3.05) is 31.6 Å². The van der Waals surface area contributed by atoms with Gasteiger partial charge in [0.05, 0.1) is 5.52 Å². The summed E-state index contributed by atoms with van der Waals surface area (Å²) in [6, 6.07) is 8.30. The minimum absolute atomic E-state index is 1.01. The summed E-state index contributed by atoms with van der Waals surface area (Å²) in [4.78, 5) is 2.27. The molecule has 16 heavy (non-hydrogen) atoms. The van der Waals surface area contributed by atoms with Crippen LogP contribution in [0.5, 0.6) is 0 Å². The smallest absolute Gasteiger partial charge is 0.119 e. The van der Waals surface area contributed by atoms with Gasteiger partial charge in [-0.05, 0) is 30.2 Å². The molecule has 0 unspecified atom stereocenters. The van der Waals surface area contributed by atoms with Crippen LogP contribution in [-0.2, 0) is 0 Å². The first kappa shape index (κ1) is 11.4. The van der Waals surface area contributed by atoms with Gasteiger partial charge in [0.2, 0.25) is 0 Å². The van der Waals surface area contributed by atoms with E-state index < -0.39 is 0 Å². The largest absolute Gasteiger partial charge is 0.363 e. The van der Waals surface area contributed by atoms with E-state index in [0.717, 1.165) is 25.2 Å². The zero-order valence-corrected chi connectivity index (χ0v) is 10.5. The maximum absolute atomic E-state index is 4.45. The van der Waals surface area contributed by atoms with Crippen LogP contribution in [0.2, 0.25) is 0 Å². The Morgan fingerprint density at radius 3 is 3.00 bits per heavy atom. The molecule has 4 heteroatoms. The molecule has 2 aromatic rings. The Kier molecular flexibility index (Phi) is 3.74. The molecule has 0 fully saturated rings. The van der Waals surface area contributed by atoms with E-state index in [-0.39, 0.29) is 0 Å². The summed E-state index contributed by atoms with van der Waals surface area (Å²) < 4.78 is 4.45. The predicted molar refractivity (Wildman–Crippen MR) is 71.4 cm³/mol. The van der Waals surface area contributed by atoms with Crippen LogP contribution in [0.15, 0.2) is 24.3 Å². The first-order valence-corrected chi connectivity index (χ1v) is 6.36. The highest BCUT2D eigenvalue weighted by molar-refractivity contribution is 7.11. The van der Waals surface area contributed by atoms with E-state index in [9.17, 15) is 0 Å². The van der Waals surface area contributed by atoms with E-state index in [4.69, 9.17) is 0 Å². The highest BCUT2D eigenvalue weighted by atomic mass is 32.1. The van der Waals surface area contributed by atoms with Crippen LogP contribution in [0.1, 0.15) is 6.92 Å². The highest BCUT2D eigenvalue weighted by Crippen LogP contribution is 2.29. The minimum Gasteiger partial charge on any atom is -0.363 e. The van der Waals surface area contributed by atoms with Gasteiger partial charge in [-0.3, -0.25) is 0 Å². The fraction of sp³-hybridized carbons (Fsp3) is 0.417. The first-order chi connectivity index (χ1) is 7.83. The van der Waals surface area contributed by atoms with Crippen LogP contribution < -0.4 is 10.2 Å². The number of nitrogens with zero attached hydrogens (tertiary/aromatic N) is 2. The number of aromatic nitrogens is 1. The third-order valence-corrected chi connectivity index (χ3v) is 3.58. The zero-order chi connectivity index (χ0) is 11.4. The Bertz CT molecular complexity index is 452. The van der Waals surface area contributed by atoms with Gasteiger partial charge in [0.25, 0.3) is 0 Å². The summed E-state index contributed by atoms with van der Waals surface area (Å²) >= 11 is 1.58. The van der Waals surface area contributed by atoms with Crippen molar-refractivity contribution in [1.82, 2.24) is 9.69 Å². The predicted octanol–water partition coefficient (Wildman–Crippen LogP) is 2.34. The fourth-order valence-electron chi connectivity index (χ4n) is 1.68. The number of fused-ring (bicyclic) bond motifs is 1. The van der Waals surface area contributed by atoms with Crippen LogP contribution in [0.25, 0.3) is 10.9 Å². The highest BCUT2D eigenvalue weighted by Gasteiger charge is 2.08. The van der Waals surface area contributed by atoms with E-state index in [2.05, 4.69) is 46.8 Å². The van der Waals surface area contributed by atoms with E-state index in [1.54, 1.807) is 11.5 Å². The van der Waals surface area contributed by atoms with Gasteiger partial charge in [-0.2, -0.15) is 4.37 Å².